The van der Waals surface area contributed by atoms with Crippen LogP contribution in [0.1, 0.15) is 78.6 Å². The first-order chi connectivity index (χ1) is 14.2. The van der Waals surface area contributed by atoms with Crippen LogP contribution >= 0.6 is 0 Å². The van der Waals surface area contributed by atoms with Crippen molar-refractivity contribution in [1.29, 1.82) is 0 Å². The molecule has 9 atom stereocenters. The van der Waals surface area contributed by atoms with Crippen LogP contribution < -0.4 is 0 Å². The molecule has 5 fully saturated rings. The molecule has 6 aliphatic carbocycles. The molecule has 0 aromatic carbocycles. The van der Waals surface area contributed by atoms with Gasteiger partial charge in [0.15, 0.2) is 0 Å². The Kier molecular flexibility index (Phi) is 3.90. The molecular weight excluding hydrogens is 376 g/mol. The second-order valence-electron chi connectivity index (χ2n) is 11.8. The van der Waals surface area contributed by atoms with Gasteiger partial charge in [-0.3, -0.25) is 9.59 Å². The van der Waals surface area contributed by atoms with Gasteiger partial charge in [0.05, 0.1) is 12.2 Å². The minimum atomic E-state index is -0.720. The average Bonchev–Trinajstić information content (AvgIpc) is 3.60. The van der Waals surface area contributed by atoms with Crippen LogP contribution in [0, 0.1) is 46.3 Å². The maximum absolute atomic E-state index is 12.2. The third kappa shape index (κ3) is 2.27. The van der Waals surface area contributed by atoms with Crippen molar-refractivity contribution in [2.45, 2.75) is 84.2 Å². The Bertz CT molecular complexity index is 859. The zero-order chi connectivity index (χ0) is 21.1. The number of rotatable bonds is 4. The number of hydrogen-bond donors (Lipinski definition) is 1. The lowest BCUT2D eigenvalue weighted by Gasteiger charge is -2.59. The van der Waals surface area contributed by atoms with Crippen molar-refractivity contribution in [3.8, 4) is 0 Å². The molecule has 0 aromatic rings. The molecule has 6 rings (SSSR count). The highest BCUT2D eigenvalue weighted by atomic mass is 16.5. The number of carbonyl (C=O) groups is 2. The maximum atomic E-state index is 12.2. The van der Waals surface area contributed by atoms with Crippen LogP contribution in [-0.2, 0) is 14.3 Å². The van der Waals surface area contributed by atoms with Gasteiger partial charge in [0.2, 0.25) is 0 Å². The largest absolute Gasteiger partial charge is 0.466 e. The van der Waals surface area contributed by atoms with Crippen molar-refractivity contribution in [2.75, 3.05) is 6.61 Å². The summed E-state index contributed by atoms with van der Waals surface area (Å²) in [5, 5.41) is 12.0. The monoisotopic (exact) mass is 412 g/mol. The van der Waals surface area contributed by atoms with Crippen molar-refractivity contribution >= 4 is 11.8 Å². The van der Waals surface area contributed by atoms with E-state index < -0.39 is 5.60 Å². The molecule has 0 radical (unpaired) electrons. The zero-order valence-electron chi connectivity index (χ0n) is 18.7. The van der Waals surface area contributed by atoms with Crippen LogP contribution in [0.2, 0.25) is 0 Å². The first kappa shape index (κ1) is 19.5. The van der Waals surface area contributed by atoms with Gasteiger partial charge in [-0.25, -0.2) is 0 Å². The third-order valence-corrected chi connectivity index (χ3v) is 10.9. The molecule has 6 aliphatic rings. The van der Waals surface area contributed by atoms with Gasteiger partial charge in [0.1, 0.15) is 5.78 Å². The first-order valence-electron chi connectivity index (χ1n) is 12.4. The number of carbonyl (C=O) groups excluding carboxylic acids is 2. The molecule has 0 heterocycles. The molecule has 0 aromatic heterocycles. The summed E-state index contributed by atoms with van der Waals surface area (Å²) in [6, 6.07) is 0. The van der Waals surface area contributed by atoms with E-state index >= 15 is 0 Å². The smallest absolute Gasteiger partial charge is 0.305 e. The minimum Gasteiger partial charge on any atom is -0.466 e. The first-order valence-corrected chi connectivity index (χ1v) is 12.4. The van der Waals surface area contributed by atoms with Crippen LogP contribution in [-0.4, -0.2) is 29.1 Å². The molecule has 0 saturated heterocycles. The number of ketones is 1. The predicted octanol–water partition coefficient (Wildman–Crippen LogP) is 4.45. The van der Waals surface area contributed by atoms with E-state index in [9.17, 15) is 14.7 Å². The molecule has 4 nitrogen and oxygen atoms in total. The van der Waals surface area contributed by atoms with E-state index in [0.29, 0.717) is 67.2 Å². The summed E-state index contributed by atoms with van der Waals surface area (Å²) in [7, 11) is 0. The van der Waals surface area contributed by atoms with E-state index in [-0.39, 0.29) is 16.8 Å². The number of ether oxygens (including phenoxy) is 1. The molecule has 0 aliphatic heterocycles. The van der Waals surface area contributed by atoms with Gasteiger partial charge in [0.25, 0.3) is 0 Å². The number of allylic oxidation sites excluding steroid dienone is 2. The highest BCUT2D eigenvalue weighted by molar-refractivity contribution is 5.83. The van der Waals surface area contributed by atoms with Gasteiger partial charge >= 0.3 is 5.97 Å². The summed E-state index contributed by atoms with van der Waals surface area (Å²) >= 11 is 0. The van der Waals surface area contributed by atoms with Crippen LogP contribution in [0.3, 0.4) is 0 Å². The zero-order valence-corrected chi connectivity index (χ0v) is 18.7. The Balaban J connectivity index is 1.33. The Morgan fingerprint density at radius 2 is 2.03 bits per heavy atom. The fourth-order valence-electron chi connectivity index (χ4n) is 9.43. The van der Waals surface area contributed by atoms with Crippen LogP contribution in [0.4, 0.5) is 0 Å². The Hall–Kier alpha value is -1.16. The number of hydrogen-bond acceptors (Lipinski definition) is 4. The number of Topliss-reactive ketones (excluding diaryl/α,β-unsaturated/α-hetero) is 1. The fraction of sp³-hybridized carbons (Fsp3) is 0.846. The van der Waals surface area contributed by atoms with Crippen LogP contribution in [0.15, 0.2) is 11.1 Å². The number of fused-ring (bicyclic) bond motifs is 9. The van der Waals surface area contributed by atoms with Gasteiger partial charge in [0, 0.05) is 24.7 Å². The normalized spacial score (nSPS) is 52.6. The van der Waals surface area contributed by atoms with E-state index in [1.165, 1.54) is 12.0 Å². The van der Waals surface area contributed by atoms with Crippen molar-refractivity contribution < 1.29 is 19.4 Å². The van der Waals surface area contributed by atoms with Gasteiger partial charge < -0.3 is 9.84 Å². The van der Waals surface area contributed by atoms with Crippen LogP contribution in [0.5, 0.6) is 0 Å². The quantitative estimate of drug-likeness (QED) is 0.547. The molecule has 1 N–H and O–H groups in total. The second kappa shape index (κ2) is 5.99. The van der Waals surface area contributed by atoms with Gasteiger partial charge in [-0.15, -0.1) is 0 Å². The van der Waals surface area contributed by atoms with E-state index in [1.54, 1.807) is 5.57 Å². The average molecular weight is 413 g/mol. The van der Waals surface area contributed by atoms with Gasteiger partial charge in [-0.2, -0.15) is 0 Å². The molecule has 0 amide bonds. The molecule has 4 heteroatoms. The number of esters is 1. The second-order valence-corrected chi connectivity index (χ2v) is 11.8. The van der Waals surface area contributed by atoms with Crippen LogP contribution in [0.25, 0.3) is 0 Å². The summed E-state index contributed by atoms with van der Waals surface area (Å²) in [4.78, 5) is 24.3. The molecule has 0 spiro atoms. The Labute approximate surface area is 179 Å². The summed E-state index contributed by atoms with van der Waals surface area (Å²) in [5.41, 5.74) is 2.55. The van der Waals surface area contributed by atoms with E-state index in [0.717, 1.165) is 32.1 Å². The van der Waals surface area contributed by atoms with Crippen molar-refractivity contribution in [3.63, 3.8) is 0 Å². The van der Waals surface area contributed by atoms with E-state index in [4.69, 9.17) is 4.74 Å². The topological polar surface area (TPSA) is 63.6 Å². The molecule has 5 saturated carbocycles. The molecule has 30 heavy (non-hydrogen) atoms. The molecule has 0 bridgehead atoms. The highest BCUT2D eigenvalue weighted by Gasteiger charge is 2.77. The fourth-order valence-corrected chi connectivity index (χ4v) is 9.43. The van der Waals surface area contributed by atoms with E-state index in [2.05, 4.69) is 13.8 Å². The van der Waals surface area contributed by atoms with Crippen molar-refractivity contribution in [2.24, 2.45) is 46.3 Å². The van der Waals surface area contributed by atoms with Crippen molar-refractivity contribution in [1.82, 2.24) is 0 Å². The predicted molar refractivity (Wildman–Crippen MR) is 112 cm³/mol. The van der Waals surface area contributed by atoms with Gasteiger partial charge in [-0.1, -0.05) is 25.0 Å². The third-order valence-electron chi connectivity index (χ3n) is 10.9. The SMILES string of the molecule is CCOC(=O)CC[C@]1(O)[C@H]2C[C@H]2C2C3C(CC[C@@]21C)[C@@]1(C)CCC(=O)CC1=C1C[C@@H]13. The summed E-state index contributed by atoms with van der Waals surface area (Å²) < 4.78 is 5.17. The summed E-state index contributed by atoms with van der Waals surface area (Å²) in [6.45, 7) is 7.06. The highest BCUT2D eigenvalue weighted by Crippen LogP contribution is 2.80. The van der Waals surface area contributed by atoms with Crippen molar-refractivity contribution in [3.05, 3.63) is 11.1 Å². The molecule has 164 valence electrons. The maximum Gasteiger partial charge on any atom is 0.305 e. The Morgan fingerprint density at radius 3 is 2.80 bits per heavy atom. The molecule has 3 unspecified atom stereocenters. The summed E-state index contributed by atoms with van der Waals surface area (Å²) in [6.07, 6.45) is 7.94. The van der Waals surface area contributed by atoms with Gasteiger partial charge in [-0.05, 0) is 86.4 Å². The molecular formula is C26H36O4. The Morgan fingerprint density at radius 1 is 1.23 bits per heavy atom. The lowest BCUT2D eigenvalue weighted by molar-refractivity contribution is -0.160. The summed E-state index contributed by atoms with van der Waals surface area (Å²) in [5.74, 6) is 3.86. The lowest BCUT2D eigenvalue weighted by atomic mass is 9.45. The lowest BCUT2D eigenvalue weighted by Crippen LogP contribution is -2.57. The standard InChI is InChI=1S/C26H36O4/c1-4-30-21(28)7-10-26(29)20-13-17(20)23-22-16-12-15(16)19-11-14(27)5-8-24(19,2)18(22)6-9-25(23,26)3/h16-18,20,22-23,29H,4-13H2,1-3H3/t16-,17+,18?,20-,22?,23?,24+,25-,26-/m0/s1. The number of aliphatic hydroxyl groups is 1. The minimum absolute atomic E-state index is 0.0830. The van der Waals surface area contributed by atoms with E-state index in [1.807, 2.05) is 6.92 Å².